The van der Waals surface area contributed by atoms with E-state index in [9.17, 15) is 14.7 Å². The third-order valence-corrected chi connectivity index (χ3v) is 6.95. The largest absolute Gasteiger partial charge is 0.507 e. The molecule has 0 saturated carbocycles. The van der Waals surface area contributed by atoms with Gasteiger partial charge >= 0.3 is 5.91 Å². The van der Waals surface area contributed by atoms with Crippen molar-refractivity contribution in [3.63, 3.8) is 0 Å². The standard InChI is InChI=1S/C26H22N2O6S/c1-13-11-15(6-10-18(13)33-4)23(29)21-22(19-9-5-14(2)34-19)28(25(31)24(21)30)26-27-17-8-7-16(32-3)12-20(17)35-26/h5-12,22,29H,1-4H3/b23-21+/t22-/m1/s1. The molecule has 8 nitrogen and oxygen atoms in total. The first-order chi connectivity index (χ1) is 16.8. The van der Waals surface area contributed by atoms with Crippen molar-refractivity contribution in [3.05, 3.63) is 76.8 Å². The molecule has 0 aliphatic carbocycles. The molecule has 178 valence electrons. The number of rotatable bonds is 5. The van der Waals surface area contributed by atoms with E-state index in [1.807, 2.05) is 13.0 Å². The molecular weight excluding hydrogens is 468 g/mol. The van der Waals surface area contributed by atoms with Crippen LogP contribution >= 0.6 is 11.3 Å². The van der Waals surface area contributed by atoms with E-state index in [1.165, 1.54) is 16.2 Å². The summed E-state index contributed by atoms with van der Waals surface area (Å²) in [6.45, 7) is 3.60. The zero-order valence-electron chi connectivity index (χ0n) is 19.5. The molecule has 0 spiro atoms. The SMILES string of the molecule is COc1ccc2nc(N3C(=O)C(=O)/C(=C(/O)c4ccc(OC)c(C)c4)[C@H]3c3ccc(C)o3)sc2c1. The number of carbonyl (C=O) groups is 2. The minimum Gasteiger partial charge on any atom is -0.507 e. The Morgan fingerprint density at radius 1 is 1.06 bits per heavy atom. The van der Waals surface area contributed by atoms with Crippen LogP contribution in [0.2, 0.25) is 0 Å². The maximum Gasteiger partial charge on any atom is 0.302 e. The average Bonchev–Trinajstić information content (AvgIpc) is 3.53. The number of aliphatic hydroxyl groups is 1. The maximum atomic E-state index is 13.3. The smallest absolute Gasteiger partial charge is 0.302 e. The third kappa shape index (κ3) is 3.74. The Morgan fingerprint density at radius 3 is 2.51 bits per heavy atom. The second-order valence-electron chi connectivity index (χ2n) is 8.13. The van der Waals surface area contributed by atoms with E-state index in [4.69, 9.17) is 13.9 Å². The zero-order chi connectivity index (χ0) is 24.9. The van der Waals surface area contributed by atoms with E-state index in [1.54, 1.807) is 63.6 Å². The summed E-state index contributed by atoms with van der Waals surface area (Å²) in [5, 5.41) is 11.6. The third-order valence-electron chi connectivity index (χ3n) is 5.93. The Kier molecular flexibility index (Phi) is 5.56. The highest BCUT2D eigenvalue weighted by molar-refractivity contribution is 7.22. The number of ether oxygens (including phenoxy) is 2. The molecule has 5 rings (SSSR count). The van der Waals surface area contributed by atoms with Crippen molar-refractivity contribution in [1.82, 2.24) is 4.98 Å². The molecule has 35 heavy (non-hydrogen) atoms. The van der Waals surface area contributed by atoms with Crippen LogP contribution in [0.3, 0.4) is 0 Å². The Morgan fingerprint density at radius 2 is 1.86 bits per heavy atom. The van der Waals surface area contributed by atoms with Gasteiger partial charge in [-0.25, -0.2) is 4.98 Å². The number of aromatic nitrogens is 1. The number of aryl methyl sites for hydroxylation is 2. The molecule has 1 aliphatic rings. The lowest BCUT2D eigenvalue weighted by atomic mass is 9.98. The van der Waals surface area contributed by atoms with Gasteiger partial charge in [0.25, 0.3) is 5.78 Å². The lowest BCUT2D eigenvalue weighted by Gasteiger charge is -2.20. The maximum absolute atomic E-state index is 13.3. The van der Waals surface area contributed by atoms with E-state index in [0.29, 0.717) is 39.2 Å². The zero-order valence-corrected chi connectivity index (χ0v) is 20.3. The molecule has 1 amide bonds. The van der Waals surface area contributed by atoms with Gasteiger partial charge in [-0.15, -0.1) is 0 Å². The van der Waals surface area contributed by atoms with Crippen molar-refractivity contribution in [3.8, 4) is 11.5 Å². The first-order valence-electron chi connectivity index (χ1n) is 10.8. The Labute approximate surface area is 205 Å². The summed E-state index contributed by atoms with van der Waals surface area (Å²) in [5.74, 6) is 0.366. The van der Waals surface area contributed by atoms with Crippen LogP contribution in [0, 0.1) is 13.8 Å². The molecule has 2 aromatic heterocycles. The van der Waals surface area contributed by atoms with Crippen molar-refractivity contribution < 1.29 is 28.6 Å². The van der Waals surface area contributed by atoms with Crippen LogP contribution in [0.25, 0.3) is 16.0 Å². The molecule has 1 aliphatic heterocycles. The normalized spacial score (nSPS) is 17.4. The van der Waals surface area contributed by atoms with Crippen molar-refractivity contribution in [2.24, 2.45) is 0 Å². The van der Waals surface area contributed by atoms with Crippen molar-refractivity contribution in [2.45, 2.75) is 19.9 Å². The number of Topliss-reactive ketones (excluding diaryl/α,β-unsaturated/α-hetero) is 1. The van der Waals surface area contributed by atoms with Gasteiger partial charge in [-0.05, 0) is 67.9 Å². The number of amides is 1. The molecule has 1 fully saturated rings. The number of aliphatic hydroxyl groups excluding tert-OH is 1. The minimum atomic E-state index is -0.978. The lowest BCUT2D eigenvalue weighted by molar-refractivity contribution is -0.132. The van der Waals surface area contributed by atoms with Crippen molar-refractivity contribution >= 4 is 44.1 Å². The fourth-order valence-electron chi connectivity index (χ4n) is 4.20. The second kappa shape index (κ2) is 8.59. The molecule has 0 unspecified atom stereocenters. The summed E-state index contributed by atoms with van der Waals surface area (Å²) in [5.41, 5.74) is 1.76. The number of benzene rings is 2. The Hall–Kier alpha value is -4.11. The number of carbonyl (C=O) groups excluding carboxylic acids is 2. The average molecular weight is 491 g/mol. The van der Waals surface area contributed by atoms with Crippen LogP contribution in [0.15, 0.2) is 58.5 Å². The highest BCUT2D eigenvalue weighted by atomic mass is 32.1. The number of hydrogen-bond donors (Lipinski definition) is 1. The summed E-state index contributed by atoms with van der Waals surface area (Å²) >= 11 is 1.25. The van der Waals surface area contributed by atoms with Gasteiger partial charge in [0.05, 0.1) is 30.0 Å². The van der Waals surface area contributed by atoms with Gasteiger partial charge in [-0.1, -0.05) is 11.3 Å². The van der Waals surface area contributed by atoms with Crippen molar-refractivity contribution in [2.75, 3.05) is 19.1 Å². The van der Waals surface area contributed by atoms with Gasteiger partial charge in [0.2, 0.25) is 0 Å². The molecule has 1 N–H and O–H groups in total. The fraction of sp³-hybridized carbons (Fsp3) is 0.192. The van der Waals surface area contributed by atoms with Gasteiger partial charge in [-0.2, -0.15) is 0 Å². The van der Waals surface area contributed by atoms with Crippen LogP contribution < -0.4 is 14.4 Å². The Balaban J connectivity index is 1.70. The molecule has 9 heteroatoms. The summed E-state index contributed by atoms with van der Waals surface area (Å²) < 4.78 is 17.2. The van der Waals surface area contributed by atoms with Crippen LogP contribution in [-0.2, 0) is 9.59 Å². The van der Waals surface area contributed by atoms with Gasteiger partial charge in [0.1, 0.15) is 34.8 Å². The van der Waals surface area contributed by atoms with Crippen LogP contribution in [0.5, 0.6) is 11.5 Å². The number of hydrogen-bond acceptors (Lipinski definition) is 8. The summed E-state index contributed by atoms with van der Waals surface area (Å²) in [6, 6.07) is 12.9. The number of ketones is 1. The van der Waals surface area contributed by atoms with E-state index in [0.717, 1.165) is 10.3 Å². The quantitative estimate of drug-likeness (QED) is 0.234. The number of furan rings is 1. The predicted molar refractivity (Wildman–Crippen MR) is 132 cm³/mol. The molecule has 0 radical (unpaired) electrons. The fourth-order valence-corrected chi connectivity index (χ4v) is 5.22. The molecule has 1 atom stereocenters. The first kappa shape index (κ1) is 22.7. The molecule has 3 heterocycles. The second-order valence-corrected chi connectivity index (χ2v) is 9.14. The van der Waals surface area contributed by atoms with E-state index < -0.39 is 17.7 Å². The monoisotopic (exact) mass is 490 g/mol. The topological polar surface area (TPSA) is 102 Å². The van der Waals surface area contributed by atoms with Crippen LogP contribution in [-0.4, -0.2) is 36.0 Å². The summed E-state index contributed by atoms with van der Waals surface area (Å²) in [4.78, 5) is 32.5. The van der Waals surface area contributed by atoms with Crippen LogP contribution in [0.1, 0.15) is 28.7 Å². The molecule has 2 aromatic carbocycles. The number of anilines is 1. The predicted octanol–water partition coefficient (Wildman–Crippen LogP) is 5.15. The number of thiazole rings is 1. The highest BCUT2D eigenvalue weighted by Gasteiger charge is 2.49. The summed E-state index contributed by atoms with van der Waals surface area (Å²) in [7, 11) is 3.13. The highest BCUT2D eigenvalue weighted by Crippen LogP contribution is 2.45. The molecule has 0 bridgehead atoms. The molecular formula is C26H22N2O6S. The minimum absolute atomic E-state index is 0.0641. The van der Waals surface area contributed by atoms with E-state index in [-0.39, 0.29) is 11.3 Å². The van der Waals surface area contributed by atoms with E-state index >= 15 is 0 Å². The molecule has 4 aromatic rings. The van der Waals surface area contributed by atoms with Crippen LogP contribution in [0.4, 0.5) is 5.13 Å². The number of fused-ring (bicyclic) bond motifs is 1. The van der Waals surface area contributed by atoms with Gasteiger partial charge < -0.3 is 19.0 Å². The van der Waals surface area contributed by atoms with Crippen molar-refractivity contribution in [1.29, 1.82) is 0 Å². The number of nitrogens with zero attached hydrogens (tertiary/aromatic N) is 2. The molecule has 1 saturated heterocycles. The van der Waals surface area contributed by atoms with Gasteiger partial charge in [0.15, 0.2) is 5.13 Å². The number of methoxy groups -OCH3 is 2. The Bertz CT molecular complexity index is 1520. The first-order valence-corrected chi connectivity index (χ1v) is 11.6. The summed E-state index contributed by atoms with van der Waals surface area (Å²) in [6.07, 6.45) is 0. The van der Waals surface area contributed by atoms with Gasteiger partial charge in [-0.3, -0.25) is 14.5 Å². The van der Waals surface area contributed by atoms with Gasteiger partial charge in [0, 0.05) is 5.56 Å². The lowest BCUT2D eigenvalue weighted by Crippen LogP contribution is -2.29. The van der Waals surface area contributed by atoms with E-state index in [2.05, 4.69) is 4.98 Å².